The minimum atomic E-state index is -0.550. The van der Waals surface area contributed by atoms with Gasteiger partial charge in [-0.3, -0.25) is 4.79 Å². The van der Waals surface area contributed by atoms with Crippen molar-refractivity contribution in [2.75, 3.05) is 18.0 Å². The third-order valence-corrected chi connectivity index (χ3v) is 4.85. The van der Waals surface area contributed by atoms with E-state index in [9.17, 15) is 9.18 Å². The van der Waals surface area contributed by atoms with E-state index in [1.807, 2.05) is 6.92 Å². The molecule has 3 aromatic rings. The van der Waals surface area contributed by atoms with Crippen LogP contribution in [0.4, 0.5) is 10.2 Å². The number of rotatable bonds is 4. The molecular weight excluding hydrogens is 371 g/mol. The van der Waals surface area contributed by atoms with E-state index in [-0.39, 0.29) is 11.7 Å². The maximum absolute atomic E-state index is 14.5. The van der Waals surface area contributed by atoms with Gasteiger partial charge in [0.15, 0.2) is 17.5 Å². The zero-order valence-corrected chi connectivity index (χ0v) is 15.4. The lowest BCUT2D eigenvalue weighted by atomic mass is 10.2. The average Bonchev–Trinajstić information content (AvgIpc) is 3.29. The summed E-state index contributed by atoms with van der Waals surface area (Å²) in [4.78, 5) is 29.9. The molecule has 1 amide bonds. The number of pyridine rings is 1. The molecule has 0 radical (unpaired) electrons. The molecule has 7 nitrogen and oxygen atoms in total. The number of H-pyrrole nitrogens is 1. The molecule has 0 bridgehead atoms. The first-order valence-electron chi connectivity index (χ1n) is 8.78. The SMILES string of the molecule is CCNC(=O)[C@H]1CCCN1c1nc(-c2c[nH]c3ncc(Cl)cc23)ncc1F. The molecule has 1 aliphatic rings. The Kier molecular flexibility index (Phi) is 4.65. The molecule has 27 heavy (non-hydrogen) atoms. The van der Waals surface area contributed by atoms with E-state index < -0.39 is 11.9 Å². The highest BCUT2D eigenvalue weighted by atomic mass is 35.5. The average molecular weight is 389 g/mol. The lowest BCUT2D eigenvalue weighted by Crippen LogP contribution is -2.44. The van der Waals surface area contributed by atoms with Crippen LogP contribution in [0.3, 0.4) is 0 Å². The van der Waals surface area contributed by atoms with Crippen molar-refractivity contribution in [1.82, 2.24) is 25.3 Å². The largest absolute Gasteiger partial charge is 0.355 e. The first-order valence-corrected chi connectivity index (χ1v) is 9.16. The topological polar surface area (TPSA) is 86.8 Å². The second kappa shape index (κ2) is 7.11. The van der Waals surface area contributed by atoms with Crippen LogP contribution in [0.25, 0.3) is 22.4 Å². The first kappa shape index (κ1) is 17.7. The fourth-order valence-electron chi connectivity index (χ4n) is 3.44. The van der Waals surface area contributed by atoms with Crippen LogP contribution in [0.15, 0.2) is 24.7 Å². The van der Waals surface area contributed by atoms with Gasteiger partial charge in [0.25, 0.3) is 0 Å². The molecule has 1 fully saturated rings. The number of nitrogens with zero attached hydrogens (tertiary/aromatic N) is 4. The predicted octanol–water partition coefficient (Wildman–Crippen LogP) is 2.92. The lowest BCUT2D eigenvalue weighted by Gasteiger charge is -2.25. The summed E-state index contributed by atoms with van der Waals surface area (Å²) in [6.45, 7) is 2.96. The Morgan fingerprint density at radius 2 is 2.30 bits per heavy atom. The van der Waals surface area contributed by atoms with Gasteiger partial charge in [-0.2, -0.15) is 0 Å². The number of hydrogen-bond donors (Lipinski definition) is 2. The standard InChI is InChI=1S/C18H18ClFN6O/c1-2-21-18(27)14-4-3-5-26(14)17-13(20)9-24-16(25-17)12-8-23-15-11(12)6-10(19)7-22-15/h6-9,14H,2-5H2,1H3,(H,21,27)(H,22,23)/t14-/m1/s1. The van der Waals surface area contributed by atoms with Gasteiger partial charge in [-0.25, -0.2) is 19.3 Å². The summed E-state index contributed by atoms with van der Waals surface area (Å²) in [5, 5.41) is 4.04. The van der Waals surface area contributed by atoms with Crippen LogP contribution in [0, 0.1) is 5.82 Å². The number of carbonyl (C=O) groups is 1. The van der Waals surface area contributed by atoms with Crippen LogP contribution < -0.4 is 10.2 Å². The maximum atomic E-state index is 14.5. The fourth-order valence-corrected chi connectivity index (χ4v) is 3.59. The van der Waals surface area contributed by atoms with Crippen LogP contribution >= 0.6 is 11.6 Å². The highest BCUT2D eigenvalue weighted by Crippen LogP contribution is 2.31. The van der Waals surface area contributed by atoms with Gasteiger partial charge < -0.3 is 15.2 Å². The number of halogens is 2. The normalized spacial score (nSPS) is 16.9. The molecule has 0 aliphatic carbocycles. The van der Waals surface area contributed by atoms with Crippen LogP contribution in [0.5, 0.6) is 0 Å². The Morgan fingerprint density at radius 3 is 3.11 bits per heavy atom. The third-order valence-electron chi connectivity index (χ3n) is 4.64. The van der Waals surface area contributed by atoms with Crippen LogP contribution in [0.1, 0.15) is 19.8 Å². The van der Waals surface area contributed by atoms with Crippen LogP contribution in [-0.4, -0.2) is 45.0 Å². The van der Waals surface area contributed by atoms with E-state index in [4.69, 9.17) is 11.6 Å². The van der Waals surface area contributed by atoms with Crippen molar-refractivity contribution in [3.05, 3.63) is 35.5 Å². The molecule has 1 atom stereocenters. The van der Waals surface area contributed by atoms with E-state index in [0.717, 1.165) is 18.0 Å². The molecule has 140 valence electrons. The molecule has 0 aromatic carbocycles. The monoisotopic (exact) mass is 388 g/mol. The second-order valence-corrected chi connectivity index (χ2v) is 6.80. The van der Waals surface area contributed by atoms with Gasteiger partial charge in [0.1, 0.15) is 11.7 Å². The van der Waals surface area contributed by atoms with Crippen molar-refractivity contribution in [2.45, 2.75) is 25.8 Å². The van der Waals surface area contributed by atoms with Gasteiger partial charge in [0.2, 0.25) is 5.91 Å². The summed E-state index contributed by atoms with van der Waals surface area (Å²) in [6.07, 6.45) is 5.87. The summed E-state index contributed by atoms with van der Waals surface area (Å²) in [7, 11) is 0. The number of nitrogens with one attached hydrogen (secondary N) is 2. The maximum Gasteiger partial charge on any atom is 0.242 e. The van der Waals surface area contributed by atoms with Crippen molar-refractivity contribution in [3.63, 3.8) is 0 Å². The third kappa shape index (κ3) is 3.21. The van der Waals surface area contributed by atoms with Crippen molar-refractivity contribution < 1.29 is 9.18 Å². The second-order valence-electron chi connectivity index (χ2n) is 6.36. The van der Waals surface area contributed by atoms with E-state index in [1.54, 1.807) is 23.4 Å². The van der Waals surface area contributed by atoms with Crippen molar-refractivity contribution in [2.24, 2.45) is 0 Å². The highest BCUT2D eigenvalue weighted by Gasteiger charge is 2.33. The Labute approximate surface area is 160 Å². The van der Waals surface area contributed by atoms with Crippen LogP contribution in [0.2, 0.25) is 5.02 Å². The summed E-state index contributed by atoms with van der Waals surface area (Å²) in [5.74, 6) is -0.176. The Morgan fingerprint density at radius 1 is 1.44 bits per heavy atom. The number of carbonyl (C=O) groups excluding carboxylic acids is 1. The summed E-state index contributed by atoms with van der Waals surface area (Å²) in [6, 6.07) is 1.33. The Bertz CT molecular complexity index is 1010. The molecule has 0 saturated carbocycles. The van der Waals surface area contributed by atoms with Gasteiger partial charge in [-0.05, 0) is 25.8 Å². The molecule has 4 rings (SSSR count). The number of aromatic amines is 1. The van der Waals surface area contributed by atoms with Crippen molar-refractivity contribution in [1.29, 1.82) is 0 Å². The van der Waals surface area contributed by atoms with E-state index in [1.165, 1.54) is 0 Å². The van der Waals surface area contributed by atoms with Gasteiger partial charge in [0.05, 0.1) is 11.2 Å². The molecule has 0 unspecified atom stereocenters. The quantitative estimate of drug-likeness (QED) is 0.717. The smallest absolute Gasteiger partial charge is 0.242 e. The van der Waals surface area contributed by atoms with E-state index >= 15 is 0 Å². The first-order chi connectivity index (χ1) is 13.1. The molecule has 1 saturated heterocycles. The summed E-state index contributed by atoms with van der Waals surface area (Å²) in [5.41, 5.74) is 1.32. The Balaban J connectivity index is 1.75. The van der Waals surface area contributed by atoms with Gasteiger partial charge in [0, 0.05) is 36.4 Å². The minimum Gasteiger partial charge on any atom is -0.355 e. The molecule has 4 heterocycles. The predicted molar refractivity (Wildman–Crippen MR) is 101 cm³/mol. The number of amides is 1. The van der Waals surface area contributed by atoms with Crippen LogP contribution in [-0.2, 0) is 4.79 Å². The zero-order chi connectivity index (χ0) is 19.0. The van der Waals surface area contributed by atoms with Crippen molar-refractivity contribution >= 4 is 34.4 Å². The van der Waals surface area contributed by atoms with Gasteiger partial charge in [-0.15, -0.1) is 0 Å². The zero-order valence-electron chi connectivity index (χ0n) is 14.7. The highest BCUT2D eigenvalue weighted by molar-refractivity contribution is 6.31. The fraction of sp³-hybridized carbons (Fsp3) is 0.333. The summed E-state index contributed by atoms with van der Waals surface area (Å²) < 4.78 is 14.5. The van der Waals surface area contributed by atoms with E-state index in [2.05, 4.69) is 25.3 Å². The van der Waals surface area contributed by atoms with Crippen molar-refractivity contribution in [3.8, 4) is 11.4 Å². The van der Waals surface area contributed by atoms with E-state index in [0.29, 0.717) is 41.6 Å². The Hall–Kier alpha value is -2.74. The van der Waals surface area contributed by atoms with Gasteiger partial charge in [-0.1, -0.05) is 11.6 Å². The molecule has 1 aliphatic heterocycles. The molecular formula is C18H18ClFN6O. The minimum absolute atomic E-state index is 0.113. The molecule has 3 aromatic heterocycles. The molecule has 0 spiro atoms. The molecule has 9 heteroatoms. The van der Waals surface area contributed by atoms with Gasteiger partial charge >= 0.3 is 0 Å². The number of aromatic nitrogens is 4. The molecule has 2 N–H and O–H groups in total. The summed E-state index contributed by atoms with van der Waals surface area (Å²) >= 11 is 6.05. The lowest BCUT2D eigenvalue weighted by molar-refractivity contribution is -0.122. The number of anilines is 1. The number of fused-ring (bicyclic) bond motifs is 1. The number of likely N-dealkylation sites (N-methyl/N-ethyl adjacent to an activating group) is 1. The number of hydrogen-bond acceptors (Lipinski definition) is 5.